The summed E-state index contributed by atoms with van der Waals surface area (Å²) in [5.74, 6) is 0. The molecule has 0 aliphatic rings. The van der Waals surface area contributed by atoms with Gasteiger partial charge in [0.25, 0.3) is 0 Å². The summed E-state index contributed by atoms with van der Waals surface area (Å²) in [6.07, 6.45) is 1.13. The van der Waals surface area contributed by atoms with Crippen molar-refractivity contribution in [2.75, 3.05) is 0 Å². The molecule has 0 amide bonds. The largest absolute Gasteiger partial charge is 2.00 e. The maximum Gasteiger partial charge on any atom is 2.00 e. The van der Waals surface area contributed by atoms with Crippen molar-refractivity contribution in [2.24, 2.45) is 0 Å². The van der Waals surface area contributed by atoms with Crippen molar-refractivity contribution in [3.8, 4) is 0 Å². The van der Waals surface area contributed by atoms with Crippen LogP contribution in [0.25, 0.3) is 10.8 Å². The molecule has 0 saturated heterocycles. The second kappa shape index (κ2) is 3.98. The SMILES string of the molecule is CCc1cccc2[cH-]ccc12.[Ti+2]. The Morgan fingerprint density at radius 2 is 2.08 bits per heavy atom. The Kier molecular flexibility index (Phi) is 3.19. The average Bonchev–Trinajstić information content (AvgIpc) is 2.50. The Morgan fingerprint density at radius 3 is 2.83 bits per heavy atom. The number of aryl methyl sites for hydroxylation is 1. The third-order valence-corrected chi connectivity index (χ3v) is 2.15. The van der Waals surface area contributed by atoms with Gasteiger partial charge >= 0.3 is 21.7 Å². The number of hydrogen-bond donors (Lipinski definition) is 0. The molecule has 0 radical (unpaired) electrons. The molecule has 2 aromatic rings. The van der Waals surface area contributed by atoms with Gasteiger partial charge in [-0.15, -0.1) is 29.0 Å². The predicted octanol–water partition coefficient (Wildman–Crippen LogP) is 3.12. The Balaban J connectivity index is 0.000000720. The third-order valence-electron chi connectivity index (χ3n) is 2.15. The molecule has 0 aromatic heterocycles. The Hall–Kier alpha value is -0.456. The fourth-order valence-corrected chi connectivity index (χ4v) is 1.54. The molecular formula is C11H11Ti+. The summed E-state index contributed by atoms with van der Waals surface area (Å²) in [6, 6.07) is 12.9. The molecule has 0 spiro atoms. The number of fused-ring (bicyclic) bond motifs is 1. The van der Waals surface area contributed by atoms with Crippen LogP contribution < -0.4 is 0 Å². The first-order valence-corrected chi connectivity index (χ1v) is 4.05. The van der Waals surface area contributed by atoms with Gasteiger partial charge in [-0.3, -0.25) is 0 Å². The molecule has 2 aromatic carbocycles. The first-order valence-electron chi connectivity index (χ1n) is 4.05. The maximum atomic E-state index is 2.20. The Bertz CT molecular complexity index is 360. The van der Waals surface area contributed by atoms with E-state index in [1.54, 1.807) is 0 Å². The minimum Gasteiger partial charge on any atom is -0.168 e. The van der Waals surface area contributed by atoms with Gasteiger partial charge in [0.1, 0.15) is 0 Å². The minimum atomic E-state index is 0. The summed E-state index contributed by atoms with van der Waals surface area (Å²) in [4.78, 5) is 0. The first-order chi connectivity index (χ1) is 5.42. The zero-order valence-corrected chi connectivity index (χ0v) is 8.73. The van der Waals surface area contributed by atoms with E-state index < -0.39 is 0 Å². The zero-order valence-electron chi connectivity index (χ0n) is 7.17. The molecule has 2 rings (SSSR count). The van der Waals surface area contributed by atoms with Crippen LogP contribution in [0.15, 0.2) is 36.4 Å². The van der Waals surface area contributed by atoms with Crippen LogP contribution in [0.1, 0.15) is 12.5 Å². The second-order valence-corrected chi connectivity index (χ2v) is 2.80. The monoisotopic (exact) mass is 191 g/mol. The van der Waals surface area contributed by atoms with Crippen LogP contribution in [-0.2, 0) is 28.1 Å². The zero-order chi connectivity index (χ0) is 7.68. The van der Waals surface area contributed by atoms with E-state index in [-0.39, 0.29) is 21.7 Å². The third kappa shape index (κ3) is 1.50. The first kappa shape index (κ1) is 9.63. The predicted molar refractivity (Wildman–Crippen MR) is 48.9 cm³/mol. The van der Waals surface area contributed by atoms with Gasteiger partial charge in [0.15, 0.2) is 0 Å². The minimum absolute atomic E-state index is 0. The van der Waals surface area contributed by atoms with Crippen LogP contribution in [-0.4, -0.2) is 0 Å². The van der Waals surface area contributed by atoms with E-state index >= 15 is 0 Å². The van der Waals surface area contributed by atoms with E-state index in [0.29, 0.717) is 0 Å². The summed E-state index contributed by atoms with van der Waals surface area (Å²) in [5.41, 5.74) is 1.45. The van der Waals surface area contributed by atoms with Crippen molar-refractivity contribution in [3.05, 3.63) is 42.0 Å². The van der Waals surface area contributed by atoms with E-state index in [1.165, 1.54) is 16.3 Å². The number of rotatable bonds is 1. The normalized spacial score (nSPS) is 9.75. The molecule has 0 saturated carbocycles. The van der Waals surface area contributed by atoms with Gasteiger partial charge in [-0.2, -0.15) is 12.1 Å². The van der Waals surface area contributed by atoms with Gasteiger partial charge in [-0.1, -0.05) is 18.6 Å². The molecule has 0 aliphatic carbocycles. The molecule has 12 heavy (non-hydrogen) atoms. The molecule has 0 fully saturated rings. The van der Waals surface area contributed by atoms with E-state index in [1.807, 2.05) is 0 Å². The molecule has 0 aliphatic heterocycles. The molecule has 0 unspecified atom stereocenters. The molecule has 0 N–H and O–H groups in total. The van der Waals surface area contributed by atoms with Crippen LogP contribution in [0, 0.1) is 0 Å². The molecule has 58 valence electrons. The van der Waals surface area contributed by atoms with Crippen molar-refractivity contribution >= 4 is 10.8 Å². The number of hydrogen-bond acceptors (Lipinski definition) is 0. The van der Waals surface area contributed by atoms with Crippen molar-refractivity contribution in [1.82, 2.24) is 0 Å². The Labute approximate surface area is 87.8 Å². The molecular weight excluding hydrogens is 180 g/mol. The van der Waals surface area contributed by atoms with Crippen molar-refractivity contribution < 1.29 is 21.7 Å². The fraction of sp³-hybridized carbons (Fsp3) is 0.182. The summed E-state index contributed by atoms with van der Waals surface area (Å²) >= 11 is 0. The quantitative estimate of drug-likeness (QED) is 0.479. The van der Waals surface area contributed by atoms with Crippen LogP contribution in [0.4, 0.5) is 0 Å². The van der Waals surface area contributed by atoms with E-state index in [2.05, 4.69) is 43.3 Å². The molecule has 1 heteroatoms. The second-order valence-electron chi connectivity index (χ2n) is 2.80. The van der Waals surface area contributed by atoms with Crippen molar-refractivity contribution in [2.45, 2.75) is 13.3 Å². The summed E-state index contributed by atoms with van der Waals surface area (Å²) in [5, 5.41) is 2.78. The average molecular weight is 191 g/mol. The standard InChI is InChI=1S/C11H11.Ti/c1-2-9-5-3-6-10-7-4-8-11(9)10;/h3-8H,2H2,1H3;/q-1;+2. The molecule has 0 nitrogen and oxygen atoms in total. The summed E-state index contributed by atoms with van der Waals surface area (Å²) in [7, 11) is 0. The van der Waals surface area contributed by atoms with Gasteiger partial charge in [-0.25, -0.2) is 0 Å². The van der Waals surface area contributed by atoms with Crippen LogP contribution in [0.2, 0.25) is 0 Å². The smallest absolute Gasteiger partial charge is 0.168 e. The van der Waals surface area contributed by atoms with Gasteiger partial charge in [0.05, 0.1) is 0 Å². The van der Waals surface area contributed by atoms with Gasteiger partial charge in [-0.05, 0) is 6.42 Å². The molecule has 0 heterocycles. The topological polar surface area (TPSA) is 0 Å². The van der Waals surface area contributed by atoms with Crippen molar-refractivity contribution in [3.63, 3.8) is 0 Å². The summed E-state index contributed by atoms with van der Waals surface area (Å²) in [6.45, 7) is 2.20. The van der Waals surface area contributed by atoms with Crippen LogP contribution in [0.5, 0.6) is 0 Å². The maximum absolute atomic E-state index is 2.20. The van der Waals surface area contributed by atoms with Gasteiger partial charge < -0.3 is 0 Å². The van der Waals surface area contributed by atoms with Gasteiger partial charge in [0, 0.05) is 0 Å². The molecule has 0 bridgehead atoms. The number of benzene rings is 1. The van der Waals surface area contributed by atoms with Gasteiger partial charge in [0.2, 0.25) is 0 Å². The van der Waals surface area contributed by atoms with Crippen LogP contribution >= 0.6 is 0 Å². The van der Waals surface area contributed by atoms with E-state index in [0.717, 1.165) is 6.42 Å². The Morgan fingerprint density at radius 1 is 1.25 bits per heavy atom. The van der Waals surface area contributed by atoms with Crippen molar-refractivity contribution in [1.29, 1.82) is 0 Å². The van der Waals surface area contributed by atoms with E-state index in [9.17, 15) is 0 Å². The fourth-order valence-electron chi connectivity index (χ4n) is 1.54. The van der Waals surface area contributed by atoms with E-state index in [4.69, 9.17) is 0 Å². The summed E-state index contributed by atoms with van der Waals surface area (Å²) < 4.78 is 0. The van der Waals surface area contributed by atoms with Crippen LogP contribution in [0.3, 0.4) is 0 Å². The molecule has 0 atom stereocenters.